The summed E-state index contributed by atoms with van der Waals surface area (Å²) in [5.41, 5.74) is 1.48. The van der Waals surface area contributed by atoms with Gasteiger partial charge in [0.2, 0.25) is 0 Å². The van der Waals surface area contributed by atoms with Crippen molar-refractivity contribution >= 4 is 22.7 Å². The first kappa shape index (κ1) is 18.9. The van der Waals surface area contributed by atoms with Crippen LogP contribution in [0.25, 0.3) is 22.0 Å². The molecule has 3 heterocycles. The van der Waals surface area contributed by atoms with Gasteiger partial charge in [-0.1, -0.05) is 54.6 Å². The molecule has 0 saturated carbocycles. The van der Waals surface area contributed by atoms with Gasteiger partial charge in [-0.05, 0) is 27.2 Å². The number of ether oxygens (including phenoxy) is 1. The van der Waals surface area contributed by atoms with Crippen LogP contribution in [0, 0.1) is 0 Å². The molecule has 2 saturated heterocycles. The molecule has 2 atom stereocenters. The molecule has 0 unspecified atom stereocenters. The van der Waals surface area contributed by atoms with Crippen molar-refractivity contribution in [3.63, 3.8) is 0 Å². The van der Waals surface area contributed by atoms with Gasteiger partial charge in [0.05, 0.1) is 12.1 Å². The van der Waals surface area contributed by atoms with Crippen molar-refractivity contribution in [2.24, 2.45) is 0 Å². The van der Waals surface area contributed by atoms with Gasteiger partial charge < -0.3 is 14.5 Å². The number of anilines is 1. The average Bonchev–Trinajstić information content (AvgIpc) is 3.33. The van der Waals surface area contributed by atoms with Gasteiger partial charge in [-0.3, -0.25) is 0 Å². The lowest BCUT2D eigenvalue weighted by Crippen LogP contribution is -2.50. The molecule has 0 N–H and O–H groups in total. The predicted octanol–water partition coefficient (Wildman–Crippen LogP) is 4.49. The molecule has 2 bridgehead atoms. The van der Waals surface area contributed by atoms with Gasteiger partial charge in [0, 0.05) is 29.4 Å². The molecular weight excluding hydrogens is 376 g/mol. The summed E-state index contributed by atoms with van der Waals surface area (Å²) in [6.07, 6.45) is 0.723. The van der Waals surface area contributed by atoms with E-state index in [0.717, 1.165) is 40.8 Å². The number of benzene rings is 2. The zero-order chi connectivity index (χ0) is 20.9. The highest BCUT2D eigenvalue weighted by atomic mass is 16.6. The van der Waals surface area contributed by atoms with E-state index in [0.29, 0.717) is 6.54 Å². The number of fused-ring (bicyclic) bond motifs is 3. The summed E-state index contributed by atoms with van der Waals surface area (Å²) in [7, 11) is 0. The van der Waals surface area contributed by atoms with Crippen molar-refractivity contribution in [3.8, 4) is 11.3 Å². The first-order chi connectivity index (χ1) is 14.4. The maximum atomic E-state index is 12.6. The van der Waals surface area contributed by atoms with Crippen LogP contribution in [0.2, 0.25) is 0 Å². The first-order valence-corrected chi connectivity index (χ1v) is 10.5. The van der Waals surface area contributed by atoms with Crippen LogP contribution in [0.1, 0.15) is 27.2 Å². The highest BCUT2D eigenvalue weighted by molar-refractivity contribution is 6.00. The van der Waals surface area contributed by atoms with Gasteiger partial charge >= 0.3 is 6.09 Å². The van der Waals surface area contributed by atoms with Crippen LogP contribution in [0.3, 0.4) is 0 Å². The largest absolute Gasteiger partial charge is 0.444 e. The van der Waals surface area contributed by atoms with E-state index < -0.39 is 5.60 Å². The van der Waals surface area contributed by atoms with E-state index in [4.69, 9.17) is 4.74 Å². The molecule has 2 fully saturated rings. The fraction of sp³-hybridized carbons (Fsp3) is 0.375. The summed E-state index contributed by atoms with van der Waals surface area (Å²) >= 11 is 0. The van der Waals surface area contributed by atoms with E-state index >= 15 is 0 Å². The Morgan fingerprint density at radius 3 is 2.30 bits per heavy atom. The minimum Gasteiger partial charge on any atom is -0.444 e. The number of carbonyl (C=O) groups is 1. The fourth-order valence-electron chi connectivity index (χ4n) is 4.58. The lowest BCUT2D eigenvalue weighted by atomic mass is 10.0. The number of carbonyl (C=O) groups excluding carboxylic acids is 1. The van der Waals surface area contributed by atoms with Crippen LogP contribution in [-0.2, 0) is 4.74 Å². The summed E-state index contributed by atoms with van der Waals surface area (Å²) in [4.78, 5) is 16.8. The molecule has 6 heteroatoms. The molecule has 2 aliphatic heterocycles. The van der Waals surface area contributed by atoms with Crippen LogP contribution in [0.4, 0.5) is 10.6 Å². The second-order valence-electron chi connectivity index (χ2n) is 9.11. The van der Waals surface area contributed by atoms with Crippen molar-refractivity contribution < 1.29 is 9.53 Å². The molecule has 2 aromatic carbocycles. The molecule has 30 heavy (non-hydrogen) atoms. The number of nitrogens with zero attached hydrogens (tertiary/aromatic N) is 4. The Labute approximate surface area is 176 Å². The molecule has 0 aliphatic carbocycles. The van der Waals surface area contributed by atoms with Gasteiger partial charge in [-0.25, -0.2) is 4.79 Å². The van der Waals surface area contributed by atoms with E-state index in [2.05, 4.69) is 39.4 Å². The third-order valence-corrected chi connectivity index (χ3v) is 5.86. The minimum absolute atomic E-state index is 0.152. The molecule has 3 aromatic rings. The minimum atomic E-state index is -0.479. The van der Waals surface area contributed by atoms with Crippen molar-refractivity contribution in [3.05, 3.63) is 54.6 Å². The van der Waals surface area contributed by atoms with E-state index in [1.165, 1.54) is 0 Å². The van der Waals surface area contributed by atoms with Crippen LogP contribution in [-0.4, -0.2) is 52.0 Å². The van der Waals surface area contributed by atoms with Gasteiger partial charge in [-0.2, -0.15) is 0 Å². The predicted molar refractivity (Wildman–Crippen MR) is 117 cm³/mol. The maximum absolute atomic E-state index is 12.6. The Kier molecular flexibility index (Phi) is 4.38. The molecule has 5 rings (SSSR count). The number of rotatable bonds is 2. The molecule has 154 valence electrons. The fourth-order valence-corrected chi connectivity index (χ4v) is 4.58. The molecule has 0 spiro atoms. The highest BCUT2D eigenvalue weighted by Gasteiger charge is 2.47. The Bertz CT molecular complexity index is 1090. The summed E-state index contributed by atoms with van der Waals surface area (Å²) < 4.78 is 5.59. The van der Waals surface area contributed by atoms with Gasteiger partial charge in [0.25, 0.3) is 0 Å². The second-order valence-corrected chi connectivity index (χ2v) is 9.11. The Hall–Kier alpha value is -3.15. The number of aromatic nitrogens is 2. The number of amides is 1. The molecule has 0 radical (unpaired) electrons. The van der Waals surface area contributed by atoms with Crippen molar-refractivity contribution in [1.82, 2.24) is 15.1 Å². The van der Waals surface area contributed by atoms with Crippen LogP contribution in [0.5, 0.6) is 0 Å². The topological polar surface area (TPSA) is 58.6 Å². The monoisotopic (exact) mass is 402 g/mol. The summed E-state index contributed by atoms with van der Waals surface area (Å²) in [5, 5.41) is 11.5. The van der Waals surface area contributed by atoms with Gasteiger partial charge in [0.1, 0.15) is 11.3 Å². The third-order valence-electron chi connectivity index (χ3n) is 5.86. The SMILES string of the molecule is CC(C)(C)OC(=O)N1C[C@@H]2C[C@H]1CN2c1nnc(-c2ccccc2)c2ccccc12. The van der Waals surface area contributed by atoms with Crippen molar-refractivity contribution in [2.75, 3.05) is 18.0 Å². The van der Waals surface area contributed by atoms with Gasteiger partial charge in [-0.15, -0.1) is 10.2 Å². The summed E-state index contributed by atoms with van der Waals surface area (Å²) in [6, 6.07) is 18.9. The third kappa shape index (κ3) is 3.26. The smallest absolute Gasteiger partial charge is 0.410 e. The van der Waals surface area contributed by atoms with E-state index in [1.807, 2.05) is 56.0 Å². The average molecular weight is 402 g/mol. The molecule has 1 amide bonds. The normalized spacial score (nSPS) is 20.8. The summed E-state index contributed by atoms with van der Waals surface area (Å²) in [6.45, 7) is 7.13. The Morgan fingerprint density at radius 2 is 1.63 bits per heavy atom. The van der Waals surface area contributed by atoms with Gasteiger partial charge in [0.15, 0.2) is 5.82 Å². The lowest BCUT2D eigenvalue weighted by molar-refractivity contribution is 0.0214. The quantitative estimate of drug-likeness (QED) is 0.632. The summed E-state index contributed by atoms with van der Waals surface area (Å²) in [5.74, 6) is 0.904. The Balaban J connectivity index is 1.45. The lowest BCUT2D eigenvalue weighted by Gasteiger charge is -2.36. The number of hydrogen-bond donors (Lipinski definition) is 0. The zero-order valence-electron chi connectivity index (χ0n) is 17.6. The zero-order valence-corrected chi connectivity index (χ0v) is 17.6. The standard InChI is InChI=1S/C24H26N4O2/c1-24(2,3)30-23(29)28-15-17-13-18(28)14-27(17)22-20-12-8-7-11-19(20)21(25-26-22)16-9-5-4-6-10-16/h4-12,17-18H,13-15H2,1-3H3/t17-,18-/m0/s1. The van der Waals surface area contributed by atoms with E-state index in [-0.39, 0.29) is 18.2 Å². The van der Waals surface area contributed by atoms with Crippen molar-refractivity contribution in [1.29, 1.82) is 0 Å². The van der Waals surface area contributed by atoms with Crippen LogP contribution >= 0.6 is 0 Å². The molecule has 6 nitrogen and oxygen atoms in total. The first-order valence-electron chi connectivity index (χ1n) is 10.5. The second kappa shape index (κ2) is 6.97. The molecule has 2 aliphatic rings. The van der Waals surface area contributed by atoms with E-state index in [9.17, 15) is 4.79 Å². The van der Waals surface area contributed by atoms with E-state index in [1.54, 1.807) is 0 Å². The van der Waals surface area contributed by atoms with Crippen LogP contribution in [0.15, 0.2) is 54.6 Å². The molecule has 1 aromatic heterocycles. The van der Waals surface area contributed by atoms with Crippen molar-refractivity contribution in [2.45, 2.75) is 44.9 Å². The maximum Gasteiger partial charge on any atom is 0.410 e. The highest BCUT2D eigenvalue weighted by Crippen LogP contribution is 2.38. The number of hydrogen-bond acceptors (Lipinski definition) is 5. The molecular formula is C24H26N4O2. The van der Waals surface area contributed by atoms with Crippen LogP contribution < -0.4 is 4.90 Å². The number of piperazine rings is 1. The number of likely N-dealkylation sites (tertiary alicyclic amines) is 1. The Morgan fingerprint density at radius 1 is 0.933 bits per heavy atom.